The SMILES string of the molecule is CCN(CC)c1ccc(/C=N/Nc2nc3nonc3nc2Nc2ccc(Br)cc2)c(OC)c1. The van der Waals surface area contributed by atoms with E-state index in [-0.39, 0.29) is 11.3 Å². The average Bonchev–Trinajstić information content (AvgIpc) is 3.29. The number of methoxy groups -OCH3 is 1. The minimum absolute atomic E-state index is 0.273. The van der Waals surface area contributed by atoms with Gasteiger partial charge in [0.15, 0.2) is 11.6 Å². The van der Waals surface area contributed by atoms with Crippen LogP contribution in [0.4, 0.5) is 23.0 Å². The first-order valence-corrected chi connectivity index (χ1v) is 11.2. The number of rotatable bonds is 9. The number of nitrogens with one attached hydrogen (secondary N) is 2. The van der Waals surface area contributed by atoms with E-state index < -0.39 is 0 Å². The van der Waals surface area contributed by atoms with Crippen molar-refractivity contribution in [2.24, 2.45) is 5.10 Å². The lowest BCUT2D eigenvalue weighted by Crippen LogP contribution is -2.21. The molecule has 0 aliphatic rings. The number of benzene rings is 2. The molecule has 0 aliphatic heterocycles. The molecule has 0 saturated carbocycles. The standard InChI is InChI=1S/C22H23BrN8O2/c1-4-31(5-2)17-11-6-14(18(12-17)32-3)13-24-28-20-19(25-16-9-7-15(23)8-10-16)26-21-22(27-20)30-33-29-21/h6-13H,4-5H2,1-3H3,(H,25,26,29)(H,27,28,30)/b24-13+. The van der Waals surface area contributed by atoms with Crippen molar-refractivity contribution in [1.82, 2.24) is 20.3 Å². The van der Waals surface area contributed by atoms with Gasteiger partial charge in [-0.15, -0.1) is 0 Å². The molecule has 170 valence electrons. The number of hydrogen-bond acceptors (Lipinski definition) is 10. The second-order valence-corrected chi connectivity index (χ2v) is 7.85. The van der Waals surface area contributed by atoms with Crippen LogP contribution >= 0.6 is 15.9 Å². The van der Waals surface area contributed by atoms with Crippen LogP contribution in [0.25, 0.3) is 11.3 Å². The van der Waals surface area contributed by atoms with Crippen molar-refractivity contribution in [2.45, 2.75) is 13.8 Å². The highest BCUT2D eigenvalue weighted by atomic mass is 79.9. The fraction of sp³-hybridized carbons (Fsp3) is 0.227. The molecule has 2 aromatic carbocycles. The summed E-state index contributed by atoms with van der Waals surface area (Å²) in [5, 5.41) is 15.1. The summed E-state index contributed by atoms with van der Waals surface area (Å²) >= 11 is 3.43. The Balaban J connectivity index is 1.59. The van der Waals surface area contributed by atoms with Crippen LogP contribution < -0.4 is 20.4 Å². The molecule has 4 rings (SSSR count). The number of nitrogens with zero attached hydrogens (tertiary/aromatic N) is 6. The number of hydrazone groups is 1. The summed E-state index contributed by atoms with van der Waals surface area (Å²) in [7, 11) is 1.64. The van der Waals surface area contributed by atoms with E-state index >= 15 is 0 Å². The third-order valence-electron chi connectivity index (χ3n) is 4.94. The quantitative estimate of drug-likeness (QED) is 0.241. The van der Waals surface area contributed by atoms with Crippen LogP contribution in [0.1, 0.15) is 19.4 Å². The Labute approximate surface area is 199 Å². The molecule has 4 aromatic rings. The smallest absolute Gasteiger partial charge is 0.245 e. The van der Waals surface area contributed by atoms with E-state index in [9.17, 15) is 0 Å². The molecule has 2 heterocycles. The molecule has 0 saturated heterocycles. The van der Waals surface area contributed by atoms with Gasteiger partial charge in [-0.25, -0.2) is 9.61 Å². The van der Waals surface area contributed by atoms with E-state index in [0.29, 0.717) is 11.6 Å². The third kappa shape index (κ3) is 5.20. The summed E-state index contributed by atoms with van der Waals surface area (Å²) in [5.41, 5.74) is 6.24. The zero-order chi connectivity index (χ0) is 23.2. The normalized spacial score (nSPS) is 11.2. The highest BCUT2D eigenvalue weighted by Gasteiger charge is 2.13. The first-order valence-electron chi connectivity index (χ1n) is 10.4. The molecular weight excluding hydrogens is 488 g/mol. The van der Waals surface area contributed by atoms with Gasteiger partial charge < -0.3 is 15.0 Å². The van der Waals surface area contributed by atoms with Crippen molar-refractivity contribution < 1.29 is 9.37 Å². The molecule has 0 radical (unpaired) electrons. The maximum atomic E-state index is 5.57. The molecule has 0 atom stereocenters. The third-order valence-corrected chi connectivity index (χ3v) is 5.47. The Kier molecular flexibility index (Phi) is 6.98. The van der Waals surface area contributed by atoms with Gasteiger partial charge in [-0.1, -0.05) is 15.9 Å². The van der Waals surface area contributed by atoms with Crippen molar-refractivity contribution in [3.05, 3.63) is 52.5 Å². The largest absolute Gasteiger partial charge is 0.496 e. The van der Waals surface area contributed by atoms with Crippen LogP contribution in [0, 0.1) is 0 Å². The van der Waals surface area contributed by atoms with Crippen LogP contribution in [-0.4, -0.2) is 46.7 Å². The lowest BCUT2D eigenvalue weighted by atomic mass is 10.2. The van der Waals surface area contributed by atoms with Crippen LogP contribution in [-0.2, 0) is 0 Å². The Morgan fingerprint density at radius 1 is 1.03 bits per heavy atom. The molecule has 0 bridgehead atoms. The van der Waals surface area contributed by atoms with E-state index in [2.05, 4.69) is 70.8 Å². The maximum Gasteiger partial charge on any atom is 0.245 e. The molecule has 2 N–H and O–H groups in total. The first-order chi connectivity index (χ1) is 16.1. The van der Waals surface area contributed by atoms with Crippen molar-refractivity contribution in [3.8, 4) is 5.75 Å². The average molecular weight is 511 g/mol. The fourth-order valence-electron chi connectivity index (χ4n) is 3.23. The Hall–Kier alpha value is -3.73. The van der Waals surface area contributed by atoms with Gasteiger partial charge in [-0.05, 0) is 60.6 Å². The summed E-state index contributed by atoms with van der Waals surface area (Å²) in [5.74, 6) is 1.53. The summed E-state index contributed by atoms with van der Waals surface area (Å²) < 4.78 is 11.3. The van der Waals surface area contributed by atoms with E-state index in [1.54, 1.807) is 13.3 Å². The van der Waals surface area contributed by atoms with Gasteiger partial charge in [-0.3, -0.25) is 5.43 Å². The van der Waals surface area contributed by atoms with E-state index in [1.807, 2.05) is 42.5 Å². The summed E-state index contributed by atoms with van der Waals surface area (Å²) in [6.45, 7) is 6.08. The summed E-state index contributed by atoms with van der Waals surface area (Å²) in [6.07, 6.45) is 1.67. The van der Waals surface area contributed by atoms with Gasteiger partial charge in [0.05, 0.1) is 13.3 Å². The van der Waals surface area contributed by atoms with Crippen molar-refractivity contribution >= 4 is 56.4 Å². The molecule has 0 fully saturated rings. The second-order valence-electron chi connectivity index (χ2n) is 6.93. The molecule has 2 aromatic heterocycles. The molecule has 0 spiro atoms. The molecule has 10 nitrogen and oxygen atoms in total. The maximum absolute atomic E-state index is 5.57. The molecule has 0 unspecified atom stereocenters. The van der Waals surface area contributed by atoms with Gasteiger partial charge in [0, 0.05) is 40.6 Å². The Bertz CT molecular complexity index is 1260. The number of aromatic nitrogens is 4. The number of ether oxygens (including phenoxy) is 1. The van der Waals surface area contributed by atoms with Gasteiger partial charge in [0.1, 0.15) is 5.75 Å². The Morgan fingerprint density at radius 3 is 2.39 bits per heavy atom. The highest BCUT2D eigenvalue weighted by molar-refractivity contribution is 9.10. The molecule has 0 aliphatic carbocycles. The van der Waals surface area contributed by atoms with Crippen molar-refractivity contribution in [2.75, 3.05) is 35.8 Å². The molecular formula is C22H23BrN8O2. The number of fused-ring (bicyclic) bond motifs is 1. The minimum atomic E-state index is 0.273. The number of halogens is 1. The summed E-state index contributed by atoms with van der Waals surface area (Å²) in [6, 6.07) is 13.7. The first kappa shape index (κ1) is 22.5. The van der Waals surface area contributed by atoms with Crippen LogP contribution in [0.2, 0.25) is 0 Å². The van der Waals surface area contributed by atoms with Crippen molar-refractivity contribution in [1.29, 1.82) is 0 Å². The van der Waals surface area contributed by atoms with E-state index in [4.69, 9.17) is 9.37 Å². The van der Waals surface area contributed by atoms with Gasteiger partial charge in [0.2, 0.25) is 11.3 Å². The zero-order valence-corrected chi connectivity index (χ0v) is 20.0. The predicted octanol–water partition coefficient (Wildman–Crippen LogP) is 4.82. The summed E-state index contributed by atoms with van der Waals surface area (Å²) in [4.78, 5) is 11.1. The van der Waals surface area contributed by atoms with Crippen molar-refractivity contribution in [3.63, 3.8) is 0 Å². The lowest BCUT2D eigenvalue weighted by Gasteiger charge is -2.22. The number of hydrogen-bond donors (Lipinski definition) is 2. The van der Waals surface area contributed by atoms with Gasteiger partial charge in [0.25, 0.3) is 0 Å². The van der Waals surface area contributed by atoms with Gasteiger partial charge in [-0.2, -0.15) is 10.1 Å². The monoisotopic (exact) mass is 510 g/mol. The van der Waals surface area contributed by atoms with Gasteiger partial charge >= 0.3 is 0 Å². The lowest BCUT2D eigenvalue weighted by molar-refractivity contribution is 0.314. The predicted molar refractivity (Wildman–Crippen MR) is 133 cm³/mol. The zero-order valence-electron chi connectivity index (χ0n) is 18.4. The fourth-order valence-corrected chi connectivity index (χ4v) is 3.49. The van der Waals surface area contributed by atoms with Crippen LogP contribution in [0.5, 0.6) is 5.75 Å². The van der Waals surface area contributed by atoms with Crippen LogP contribution in [0.3, 0.4) is 0 Å². The van der Waals surface area contributed by atoms with Crippen LogP contribution in [0.15, 0.2) is 56.7 Å². The van der Waals surface area contributed by atoms with E-state index in [1.165, 1.54) is 0 Å². The minimum Gasteiger partial charge on any atom is -0.496 e. The number of anilines is 4. The molecule has 0 amide bonds. The highest BCUT2D eigenvalue weighted by Crippen LogP contribution is 2.26. The molecule has 11 heteroatoms. The topological polar surface area (TPSA) is 114 Å². The molecule has 33 heavy (non-hydrogen) atoms. The second kappa shape index (κ2) is 10.3. The Morgan fingerprint density at radius 2 is 1.73 bits per heavy atom. The van der Waals surface area contributed by atoms with E-state index in [0.717, 1.165) is 40.2 Å².